The van der Waals surface area contributed by atoms with Crippen molar-refractivity contribution in [3.8, 4) is 22.9 Å². The van der Waals surface area contributed by atoms with Crippen molar-refractivity contribution in [1.29, 1.82) is 0 Å². The fraction of sp³-hybridized carbons (Fsp3) is 0.261. The third-order valence-corrected chi connectivity index (χ3v) is 4.63. The zero-order valence-corrected chi connectivity index (χ0v) is 18.8. The lowest BCUT2D eigenvalue weighted by Gasteiger charge is -2.09. The molecule has 0 saturated heterocycles. The second kappa shape index (κ2) is 10.9. The van der Waals surface area contributed by atoms with Crippen molar-refractivity contribution in [2.24, 2.45) is 5.10 Å². The van der Waals surface area contributed by atoms with Gasteiger partial charge in [0.25, 0.3) is 5.91 Å². The van der Waals surface area contributed by atoms with Crippen LogP contribution in [0.5, 0.6) is 11.5 Å². The van der Waals surface area contributed by atoms with Crippen LogP contribution in [0.15, 0.2) is 52.1 Å². The van der Waals surface area contributed by atoms with Crippen molar-refractivity contribution in [1.82, 2.24) is 20.9 Å². The van der Waals surface area contributed by atoms with E-state index in [1.165, 1.54) is 21.1 Å². The fourth-order valence-corrected chi connectivity index (χ4v) is 2.92. The minimum Gasteiger partial charge on any atom is -0.493 e. The summed E-state index contributed by atoms with van der Waals surface area (Å²) in [6.07, 6.45) is 0.0580. The fourth-order valence-electron chi connectivity index (χ4n) is 2.92. The first-order valence-corrected chi connectivity index (χ1v) is 10.1. The molecule has 2 amide bonds. The number of nitrogens with one attached hydrogen (secondary N) is 2. The normalized spacial score (nSPS) is 11.1. The van der Waals surface area contributed by atoms with Crippen LogP contribution in [0.2, 0.25) is 0 Å². The molecule has 1 heterocycles. The Bertz CT molecular complexity index is 1170. The molecule has 0 radical (unpaired) electrons. The quantitative estimate of drug-likeness (QED) is 0.378. The number of hydrogen-bond acceptors (Lipinski definition) is 8. The summed E-state index contributed by atoms with van der Waals surface area (Å²) in [5.41, 5.74) is 5.06. The Hall–Kier alpha value is -4.21. The summed E-state index contributed by atoms with van der Waals surface area (Å²) < 4.78 is 15.6. The maximum absolute atomic E-state index is 12.2. The van der Waals surface area contributed by atoms with Crippen molar-refractivity contribution in [3.63, 3.8) is 0 Å². The Morgan fingerprint density at radius 2 is 1.88 bits per heavy atom. The van der Waals surface area contributed by atoms with E-state index in [9.17, 15) is 9.59 Å². The molecule has 0 atom stereocenters. The van der Waals surface area contributed by atoms with Gasteiger partial charge in [-0.15, -0.1) is 0 Å². The zero-order valence-electron chi connectivity index (χ0n) is 18.8. The first kappa shape index (κ1) is 23.5. The van der Waals surface area contributed by atoms with Crippen LogP contribution in [0.3, 0.4) is 0 Å². The van der Waals surface area contributed by atoms with Gasteiger partial charge < -0.3 is 19.3 Å². The van der Waals surface area contributed by atoms with E-state index in [2.05, 4.69) is 26.0 Å². The molecule has 0 unspecified atom stereocenters. The molecule has 1 aromatic heterocycles. The van der Waals surface area contributed by atoms with Crippen molar-refractivity contribution >= 4 is 17.5 Å². The van der Waals surface area contributed by atoms with Crippen LogP contribution >= 0.6 is 0 Å². The first-order valence-electron chi connectivity index (χ1n) is 10.1. The predicted molar refractivity (Wildman–Crippen MR) is 121 cm³/mol. The Kier molecular flexibility index (Phi) is 7.74. The minimum absolute atomic E-state index is 0.0318. The van der Waals surface area contributed by atoms with E-state index < -0.39 is 5.91 Å². The van der Waals surface area contributed by atoms with E-state index in [4.69, 9.17) is 14.0 Å². The molecule has 172 valence electrons. The number of hydrogen-bond donors (Lipinski definition) is 2. The summed E-state index contributed by atoms with van der Waals surface area (Å²) in [5, 5.41) is 10.4. The highest BCUT2D eigenvalue weighted by molar-refractivity contribution is 6.37. The minimum atomic E-state index is -0.475. The molecule has 2 aromatic carbocycles. The summed E-state index contributed by atoms with van der Waals surface area (Å²) in [7, 11) is 3.06. The number of nitrogens with zero attached hydrogens (tertiary/aromatic N) is 3. The van der Waals surface area contributed by atoms with E-state index in [-0.39, 0.29) is 30.5 Å². The van der Waals surface area contributed by atoms with E-state index in [0.717, 1.165) is 11.1 Å². The summed E-state index contributed by atoms with van der Waals surface area (Å²) in [6.45, 7) is 3.49. The van der Waals surface area contributed by atoms with Crippen LogP contribution in [0.1, 0.15) is 23.9 Å². The molecule has 0 aliphatic carbocycles. The number of rotatable bonds is 9. The molecule has 10 nitrogen and oxygen atoms in total. The van der Waals surface area contributed by atoms with Crippen molar-refractivity contribution in [2.75, 3.05) is 14.2 Å². The van der Waals surface area contributed by atoms with Crippen molar-refractivity contribution in [3.05, 3.63) is 59.5 Å². The highest BCUT2D eigenvalue weighted by Crippen LogP contribution is 2.27. The Morgan fingerprint density at radius 1 is 1.09 bits per heavy atom. The third-order valence-electron chi connectivity index (χ3n) is 4.63. The molecule has 10 heteroatoms. The average Bonchev–Trinajstić information content (AvgIpc) is 3.30. The molecule has 0 aliphatic rings. The van der Waals surface area contributed by atoms with Crippen LogP contribution in [0.4, 0.5) is 0 Å². The van der Waals surface area contributed by atoms with Gasteiger partial charge in [-0.05, 0) is 37.6 Å². The number of carbonyl (C=O) groups is 2. The molecule has 0 aliphatic heterocycles. The van der Waals surface area contributed by atoms with Crippen LogP contribution in [0, 0.1) is 6.92 Å². The summed E-state index contributed by atoms with van der Waals surface area (Å²) in [6, 6.07) is 12.9. The number of aryl methyl sites for hydroxylation is 1. The van der Waals surface area contributed by atoms with Crippen LogP contribution in [0.25, 0.3) is 11.4 Å². The van der Waals surface area contributed by atoms with Gasteiger partial charge in [-0.2, -0.15) is 10.1 Å². The summed E-state index contributed by atoms with van der Waals surface area (Å²) >= 11 is 0. The van der Waals surface area contributed by atoms with Gasteiger partial charge in [0, 0.05) is 5.56 Å². The maximum atomic E-state index is 12.2. The molecule has 33 heavy (non-hydrogen) atoms. The zero-order chi connectivity index (χ0) is 23.8. The third kappa shape index (κ3) is 6.39. The SMILES string of the molecule is COc1ccc(CC(=O)N/N=C(\C)C(=O)NCc2nc(-c3cccc(C)c3)no2)cc1OC. The Morgan fingerprint density at radius 3 is 2.61 bits per heavy atom. The number of amides is 2. The molecule has 0 fully saturated rings. The lowest BCUT2D eigenvalue weighted by atomic mass is 10.1. The lowest BCUT2D eigenvalue weighted by Crippen LogP contribution is -2.31. The Balaban J connectivity index is 1.51. The molecule has 0 bridgehead atoms. The second-order valence-corrected chi connectivity index (χ2v) is 7.16. The second-order valence-electron chi connectivity index (χ2n) is 7.16. The number of ether oxygens (including phenoxy) is 2. The molecule has 0 saturated carbocycles. The van der Waals surface area contributed by atoms with Gasteiger partial charge in [0.15, 0.2) is 11.5 Å². The Labute approximate surface area is 191 Å². The highest BCUT2D eigenvalue weighted by Gasteiger charge is 2.13. The van der Waals surface area contributed by atoms with Gasteiger partial charge in [0.2, 0.25) is 17.6 Å². The largest absolute Gasteiger partial charge is 0.493 e. The van der Waals surface area contributed by atoms with Gasteiger partial charge in [-0.3, -0.25) is 9.59 Å². The van der Waals surface area contributed by atoms with Crippen LogP contribution in [-0.4, -0.2) is 41.9 Å². The van der Waals surface area contributed by atoms with E-state index in [1.807, 2.05) is 31.2 Å². The van der Waals surface area contributed by atoms with Gasteiger partial charge >= 0.3 is 0 Å². The van der Waals surface area contributed by atoms with Gasteiger partial charge in [-0.1, -0.05) is 35.0 Å². The number of aromatic nitrogens is 2. The van der Waals surface area contributed by atoms with Crippen LogP contribution in [-0.2, 0) is 22.6 Å². The predicted octanol–water partition coefficient (Wildman–Crippen LogP) is 2.41. The number of hydrazone groups is 1. The molecule has 3 aromatic rings. The lowest BCUT2D eigenvalue weighted by molar-refractivity contribution is -0.120. The number of benzene rings is 2. The molecule has 3 rings (SSSR count). The van der Waals surface area contributed by atoms with E-state index in [0.29, 0.717) is 22.9 Å². The van der Waals surface area contributed by atoms with E-state index in [1.54, 1.807) is 18.2 Å². The van der Waals surface area contributed by atoms with Gasteiger partial charge in [0.05, 0.1) is 27.2 Å². The summed E-state index contributed by atoms with van der Waals surface area (Å²) in [4.78, 5) is 28.7. The summed E-state index contributed by atoms with van der Waals surface area (Å²) in [5.74, 6) is 0.930. The number of methoxy groups -OCH3 is 2. The molecular weight excluding hydrogens is 426 g/mol. The topological polar surface area (TPSA) is 128 Å². The smallest absolute Gasteiger partial charge is 0.267 e. The maximum Gasteiger partial charge on any atom is 0.267 e. The van der Waals surface area contributed by atoms with Crippen molar-refractivity contribution in [2.45, 2.75) is 26.8 Å². The first-order chi connectivity index (χ1) is 15.9. The van der Waals surface area contributed by atoms with Crippen molar-refractivity contribution < 1.29 is 23.6 Å². The number of carbonyl (C=O) groups excluding carboxylic acids is 2. The highest BCUT2D eigenvalue weighted by atomic mass is 16.5. The molecule has 2 N–H and O–H groups in total. The monoisotopic (exact) mass is 451 g/mol. The molecular formula is C23H25N5O5. The van der Waals surface area contributed by atoms with Gasteiger partial charge in [0.1, 0.15) is 5.71 Å². The van der Waals surface area contributed by atoms with E-state index >= 15 is 0 Å². The average molecular weight is 451 g/mol. The van der Waals surface area contributed by atoms with Gasteiger partial charge in [-0.25, -0.2) is 5.43 Å². The van der Waals surface area contributed by atoms with Crippen LogP contribution < -0.4 is 20.2 Å². The standard InChI is InChI=1S/C23H25N5O5/c1-14-6-5-7-17(10-14)22-25-21(33-28-22)13-24-23(30)15(2)26-27-20(29)12-16-8-9-18(31-3)19(11-16)32-4/h5-11H,12-13H2,1-4H3,(H,24,30)(H,27,29)/b26-15+. The molecule has 0 spiro atoms.